The fourth-order valence-electron chi connectivity index (χ4n) is 1.69. The fraction of sp³-hybridized carbons (Fsp3) is 0.308. The number of aliphatic hydroxyl groups excluding tert-OH is 1. The number of carbonyl (C=O) groups is 1. The summed E-state index contributed by atoms with van der Waals surface area (Å²) in [6.45, 7) is 2.06. The Hall–Kier alpha value is -2.21. The molecule has 19 heavy (non-hydrogen) atoms. The van der Waals surface area contributed by atoms with Crippen LogP contribution in [0.25, 0.3) is 0 Å². The highest BCUT2D eigenvalue weighted by atomic mass is 16.3. The van der Waals surface area contributed by atoms with Crippen molar-refractivity contribution in [2.24, 2.45) is 0 Å². The molecule has 1 heterocycles. The van der Waals surface area contributed by atoms with E-state index in [4.69, 9.17) is 5.11 Å². The van der Waals surface area contributed by atoms with Gasteiger partial charge in [-0.1, -0.05) is 23.4 Å². The van der Waals surface area contributed by atoms with Gasteiger partial charge in [-0.25, -0.2) is 4.68 Å². The molecule has 0 bridgehead atoms. The first-order valence-corrected chi connectivity index (χ1v) is 6.04. The normalized spacial score (nSPS) is 10.4. The lowest BCUT2D eigenvalue weighted by Crippen LogP contribution is -2.19. The summed E-state index contributed by atoms with van der Waals surface area (Å²) in [6.07, 6.45) is 2.10. The van der Waals surface area contributed by atoms with Crippen LogP contribution in [0.2, 0.25) is 0 Å². The molecule has 0 fully saturated rings. The molecule has 0 saturated heterocycles. The third kappa shape index (κ3) is 3.62. The van der Waals surface area contributed by atoms with E-state index in [9.17, 15) is 4.79 Å². The number of rotatable bonds is 5. The van der Waals surface area contributed by atoms with Gasteiger partial charge in [0.2, 0.25) is 5.91 Å². The van der Waals surface area contributed by atoms with Crippen LogP contribution in [0.5, 0.6) is 0 Å². The van der Waals surface area contributed by atoms with Crippen LogP contribution >= 0.6 is 0 Å². The molecule has 6 heteroatoms. The maximum absolute atomic E-state index is 11.9. The van der Waals surface area contributed by atoms with Gasteiger partial charge < -0.3 is 10.4 Å². The van der Waals surface area contributed by atoms with Crippen LogP contribution in [0, 0.1) is 6.92 Å². The minimum Gasteiger partial charge on any atom is -0.396 e. The summed E-state index contributed by atoms with van der Waals surface area (Å²) >= 11 is 0. The van der Waals surface area contributed by atoms with Gasteiger partial charge in [-0.2, -0.15) is 0 Å². The monoisotopic (exact) mass is 260 g/mol. The zero-order valence-electron chi connectivity index (χ0n) is 10.7. The van der Waals surface area contributed by atoms with Crippen molar-refractivity contribution in [3.05, 3.63) is 41.7 Å². The van der Waals surface area contributed by atoms with Crippen LogP contribution in [0.1, 0.15) is 11.3 Å². The second-order valence-electron chi connectivity index (χ2n) is 4.24. The first kappa shape index (κ1) is 13.2. The number of nitrogens with one attached hydrogen (secondary N) is 1. The summed E-state index contributed by atoms with van der Waals surface area (Å²) in [4.78, 5) is 11.9. The molecule has 0 aliphatic heterocycles. The molecule has 0 spiro atoms. The van der Waals surface area contributed by atoms with Gasteiger partial charge in [-0.05, 0) is 18.6 Å². The lowest BCUT2D eigenvalue weighted by molar-refractivity contribution is -0.116. The largest absolute Gasteiger partial charge is 0.396 e. The summed E-state index contributed by atoms with van der Waals surface area (Å²) in [6, 6.07) is 7.58. The molecular weight excluding hydrogens is 244 g/mol. The molecule has 2 N–H and O–H groups in total. The van der Waals surface area contributed by atoms with E-state index in [0.717, 1.165) is 11.3 Å². The van der Waals surface area contributed by atoms with E-state index in [1.807, 2.05) is 31.2 Å². The average molecular weight is 260 g/mol. The SMILES string of the molecule is Cc1ccccc1NC(=O)Cn1cc(CCO)nn1. The Morgan fingerprint density at radius 2 is 2.21 bits per heavy atom. The molecule has 2 rings (SSSR count). The lowest BCUT2D eigenvalue weighted by atomic mass is 10.2. The van der Waals surface area contributed by atoms with Crippen LogP contribution in [-0.4, -0.2) is 32.6 Å². The van der Waals surface area contributed by atoms with Crippen molar-refractivity contribution < 1.29 is 9.90 Å². The molecule has 6 nitrogen and oxygen atoms in total. The van der Waals surface area contributed by atoms with E-state index in [2.05, 4.69) is 15.6 Å². The van der Waals surface area contributed by atoms with Crippen molar-refractivity contribution in [1.82, 2.24) is 15.0 Å². The average Bonchev–Trinajstić information content (AvgIpc) is 2.80. The minimum absolute atomic E-state index is 0.0219. The van der Waals surface area contributed by atoms with Gasteiger partial charge in [0.1, 0.15) is 6.54 Å². The third-order valence-electron chi connectivity index (χ3n) is 2.68. The van der Waals surface area contributed by atoms with E-state index in [-0.39, 0.29) is 19.1 Å². The lowest BCUT2D eigenvalue weighted by Gasteiger charge is -2.07. The number of anilines is 1. The zero-order chi connectivity index (χ0) is 13.7. The highest BCUT2D eigenvalue weighted by molar-refractivity contribution is 5.91. The summed E-state index contributed by atoms with van der Waals surface area (Å²) in [5.74, 6) is -0.158. The highest BCUT2D eigenvalue weighted by Gasteiger charge is 2.07. The maximum atomic E-state index is 11.9. The Bertz CT molecular complexity index is 565. The Balaban J connectivity index is 1.95. The number of nitrogens with zero attached hydrogens (tertiary/aromatic N) is 3. The van der Waals surface area contributed by atoms with Gasteiger partial charge in [0.15, 0.2) is 0 Å². The van der Waals surface area contributed by atoms with Gasteiger partial charge in [0, 0.05) is 24.9 Å². The molecule has 0 saturated carbocycles. The van der Waals surface area contributed by atoms with Crippen LogP contribution in [0.15, 0.2) is 30.5 Å². The molecular formula is C13H16N4O2. The molecule has 0 radical (unpaired) electrons. The van der Waals surface area contributed by atoms with E-state index in [0.29, 0.717) is 12.1 Å². The van der Waals surface area contributed by atoms with Gasteiger partial charge in [-0.3, -0.25) is 4.79 Å². The Morgan fingerprint density at radius 3 is 2.95 bits per heavy atom. The molecule has 0 aliphatic rings. The Morgan fingerprint density at radius 1 is 1.42 bits per heavy atom. The number of para-hydroxylation sites is 1. The van der Waals surface area contributed by atoms with Crippen LogP contribution in [0.4, 0.5) is 5.69 Å². The van der Waals surface area contributed by atoms with E-state index >= 15 is 0 Å². The molecule has 1 aromatic heterocycles. The predicted molar refractivity (Wildman–Crippen MR) is 70.6 cm³/mol. The third-order valence-corrected chi connectivity index (χ3v) is 2.68. The van der Waals surface area contributed by atoms with Gasteiger partial charge in [0.25, 0.3) is 0 Å². The number of amides is 1. The van der Waals surface area contributed by atoms with Crippen molar-refractivity contribution in [3.63, 3.8) is 0 Å². The van der Waals surface area contributed by atoms with Gasteiger partial charge in [-0.15, -0.1) is 5.10 Å². The van der Waals surface area contributed by atoms with E-state index in [1.165, 1.54) is 4.68 Å². The van der Waals surface area contributed by atoms with Crippen LogP contribution in [-0.2, 0) is 17.8 Å². The summed E-state index contributed by atoms with van der Waals surface area (Å²) in [5.41, 5.74) is 2.48. The number of hydrogen-bond acceptors (Lipinski definition) is 4. The number of hydrogen-bond donors (Lipinski definition) is 2. The number of aromatic nitrogens is 3. The topological polar surface area (TPSA) is 80.0 Å². The van der Waals surface area contributed by atoms with Crippen molar-refractivity contribution in [2.45, 2.75) is 19.9 Å². The van der Waals surface area contributed by atoms with Gasteiger partial charge in [0.05, 0.1) is 5.69 Å². The minimum atomic E-state index is -0.158. The highest BCUT2D eigenvalue weighted by Crippen LogP contribution is 2.12. The molecule has 100 valence electrons. The first-order chi connectivity index (χ1) is 9.19. The zero-order valence-corrected chi connectivity index (χ0v) is 10.7. The number of aryl methyl sites for hydroxylation is 1. The van der Waals surface area contributed by atoms with Crippen LogP contribution < -0.4 is 5.32 Å². The van der Waals surface area contributed by atoms with E-state index < -0.39 is 0 Å². The number of benzene rings is 1. The number of carbonyl (C=O) groups excluding carboxylic acids is 1. The van der Waals surface area contributed by atoms with Crippen molar-refractivity contribution >= 4 is 11.6 Å². The molecule has 1 amide bonds. The quantitative estimate of drug-likeness (QED) is 0.831. The second kappa shape index (κ2) is 6.10. The second-order valence-corrected chi connectivity index (χ2v) is 4.24. The van der Waals surface area contributed by atoms with E-state index in [1.54, 1.807) is 6.20 Å². The molecule has 0 unspecified atom stereocenters. The fourth-order valence-corrected chi connectivity index (χ4v) is 1.69. The number of aliphatic hydroxyl groups is 1. The first-order valence-electron chi connectivity index (χ1n) is 6.04. The molecule has 0 aliphatic carbocycles. The molecule has 1 aromatic carbocycles. The van der Waals surface area contributed by atoms with Crippen molar-refractivity contribution in [1.29, 1.82) is 0 Å². The summed E-state index contributed by atoms with van der Waals surface area (Å²) < 4.78 is 1.46. The smallest absolute Gasteiger partial charge is 0.246 e. The van der Waals surface area contributed by atoms with Crippen molar-refractivity contribution in [2.75, 3.05) is 11.9 Å². The summed E-state index contributed by atoms with van der Waals surface area (Å²) in [5, 5.41) is 19.3. The summed E-state index contributed by atoms with van der Waals surface area (Å²) in [7, 11) is 0. The standard InChI is InChI=1S/C13H16N4O2/c1-10-4-2-3-5-12(10)14-13(19)9-17-8-11(6-7-18)15-16-17/h2-5,8,18H,6-7,9H2,1H3,(H,14,19). The maximum Gasteiger partial charge on any atom is 0.246 e. The predicted octanol–water partition coefficient (Wildman–Crippen LogP) is 0.760. The Labute approximate surface area is 111 Å². The molecule has 0 atom stereocenters. The van der Waals surface area contributed by atoms with Crippen LogP contribution in [0.3, 0.4) is 0 Å². The van der Waals surface area contributed by atoms with Gasteiger partial charge >= 0.3 is 0 Å². The molecule has 2 aromatic rings. The Kier molecular flexibility index (Phi) is 4.25. The van der Waals surface area contributed by atoms with Crippen molar-refractivity contribution in [3.8, 4) is 0 Å².